The molecule has 43 heavy (non-hydrogen) atoms. The summed E-state index contributed by atoms with van der Waals surface area (Å²) in [7, 11) is 0. The third kappa shape index (κ3) is 11.1. The summed E-state index contributed by atoms with van der Waals surface area (Å²) in [6.07, 6.45) is -6.33. The van der Waals surface area contributed by atoms with Gasteiger partial charge in [0.1, 0.15) is 30.8 Å². The SMILES string of the molecule is CC(=O)N[C@@H]1[C@@H](OC(C)=O)[C@H](OC(C)=O)[C@@H](COC(C)=O)O[C@H]1SC1=CO[C@H](COC(C)=O)[C@@H](OC(C)=O)[C@@H]1OC(C)=O. The van der Waals surface area contributed by atoms with Crippen LogP contribution in [0.15, 0.2) is 11.2 Å². The van der Waals surface area contributed by atoms with Gasteiger partial charge in [-0.15, -0.1) is 0 Å². The Morgan fingerprint density at radius 2 is 1.16 bits per heavy atom. The van der Waals surface area contributed by atoms with Crippen LogP contribution in [-0.4, -0.2) is 103 Å². The van der Waals surface area contributed by atoms with Gasteiger partial charge in [0.25, 0.3) is 0 Å². The van der Waals surface area contributed by atoms with Crippen molar-refractivity contribution in [2.75, 3.05) is 13.2 Å². The standard InChI is InChI=1S/C26H35NO15S/c1-11(28)27-21-25(41-17(7)34)23(39-15(5)32)19(9-36-13(3)30)42-26(21)43-20-10-37-18(8-35-12(2)29)22(38-14(4)31)24(20)40-16(6)33/h10,18-19,21-26H,8-9H2,1-7H3,(H,27,28)/t18-,19-,21-,22-,23-,24-,25-,26+/m1/s1. The van der Waals surface area contributed by atoms with E-state index in [0.29, 0.717) is 0 Å². The maximum Gasteiger partial charge on any atom is 0.303 e. The van der Waals surface area contributed by atoms with Crippen LogP contribution in [0.2, 0.25) is 0 Å². The van der Waals surface area contributed by atoms with E-state index >= 15 is 0 Å². The largest absolute Gasteiger partial charge is 0.489 e. The van der Waals surface area contributed by atoms with Gasteiger partial charge in [0.2, 0.25) is 5.91 Å². The second-order valence-electron chi connectivity index (χ2n) is 9.44. The summed E-state index contributed by atoms with van der Waals surface area (Å²) in [6, 6.07) is -1.19. The number of amides is 1. The van der Waals surface area contributed by atoms with E-state index in [4.69, 9.17) is 37.9 Å². The van der Waals surface area contributed by atoms with Gasteiger partial charge in [0, 0.05) is 48.5 Å². The lowest BCUT2D eigenvalue weighted by atomic mass is 9.97. The smallest absolute Gasteiger partial charge is 0.303 e. The fourth-order valence-electron chi connectivity index (χ4n) is 4.24. The average molecular weight is 634 g/mol. The Morgan fingerprint density at radius 1 is 0.674 bits per heavy atom. The molecule has 1 fully saturated rings. The molecule has 16 nitrogen and oxygen atoms in total. The number of hydrogen-bond donors (Lipinski definition) is 1. The fourth-order valence-corrected chi connectivity index (χ4v) is 5.51. The first-order chi connectivity index (χ1) is 20.1. The maximum atomic E-state index is 12.3. The zero-order chi connectivity index (χ0) is 32.4. The molecule has 1 saturated heterocycles. The Labute approximate surface area is 251 Å². The molecule has 1 N–H and O–H groups in total. The first-order valence-electron chi connectivity index (χ1n) is 13.0. The lowest BCUT2D eigenvalue weighted by Crippen LogP contribution is -2.65. The van der Waals surface area contributed by atoms with E-state index < -0.39 is 96.4 Å². The van der Waals surface area contributed by atoms with Crippen molar-refractivity contribution in [2.24, 2.45) is 0 Å². The van der Waals surface area contributed by atoms with Crippen LogP contribution >= 0.6 is 11.8 Å². The molecule has 240 valence electrons. The summed E-state index contributed by atoms with van der Waals surface area (Å²) < 4.78 is 43.7. The molecule has 0 saturated carbocycles. The molecule has 0 bridgehead atoms. The molecule has 0 unspecified atom stereocenters. The van der Waals surface area contributed by atoms with Crippen LogP contribution in [-0.2, 0) is 71.5 Å². The van der Waals surface area contributed by atoms with Crippen molar-refractivity contribution in [3.05, 3.63) is 11.2 Å². The van der Waals surface area contributed by atoms with E-state index in [1.54, 1.807) is 0 Å². The molecule has 0 aliphatic carbocycles. The van der Waals surface area contributed by atoms with E-state index in [2.05, 4.69) is 5.32 Å². The summed E-state index contributed by atoms with van der Waals surface area (Å²) in [4.78, 5) is 83.6. The number of hydrogen-bond acceptors (Lipinski definition) is 16. The average Bonchev–Trinajstić information content (AvgIpc) is 2.86. The second kappa shape index (κ2) is 16.1. The quantitative estimate of drug-likeness (QED) is 0.235. The van der Waals surface area contributed by atoms with Gasteiger partial charge < -0.3 is 43.2 Å². The van der Waals surface area contributed by atoms with Gasteiger partial charge >= 0.3 is 35.8 Å². The first kappa shape index (κ1) is 35.3. The van der Waals surface area contributed by atoms with Crippen LogP contribution < -0.4 is 5.32 Å². The predicted octanol–water partition coefficient (Wildman–Crippen LogP) is 0.0424. The number of thioether (sulfide) groups is 1. The van der Waals surface area contributed by atoms with Crippen LogP contribution in [0.4, 0.5) is 0 Å². The summed E-state index contributed by atoms with van der Waals surface area (Å²) >= 11 is 0.839. The van der Waals surface area contributed by atoms with Gasteiger partial charge in [-0.25, -0.2) is 0 Å². The molecule has 8 atom stereocenters. The van der Waals surface area contributed by atoms with Crippen molar-refractivity contribution in [3.63, 3.8) is 0 Å². The number of esters is 6. The molecule has 2 aliphatic heterocycles. The normalized spacial score (nSPS) is 28.1. The molecule has 0 aromatic carbocycles. The summed E-state index contributed by atoms with van der Waals surface area (Å²) in [5.41, 5.74) is -1.18. The van der Waals surface area contributed by atoms with Crippen molar-refractivity contribution in [3.8, 4) is 0 Å². The molecular weight excluding hydrogens is 598 g/mol. The molecule has 2 rings (SSSR count). The molecular formula is C26H35NO15S. The Hall–Kier alpha value is -3.86. The van der Waals surface area contributed by atoms with E-state index in [0.717, 1.165) is 46.4 Å². The summed E-state index contributed by atoms with van der Waals surface area (Å²) in [5.74, 6) is -4.95. The van der Waals surface area contributed by atoms with E-state index in [1.165, 1.54) is 20.1 Å². The van der Waals surface area contributed by atoms with Gasteiger partial charge in [-0.3, -0.25) is 33.6 Å². The molecule has 1 amide bonds. The van der Waals surface area contributed by atoms with E-state index in [1.807, 2.05) is 0 Å². The molecule has 17 heteroatoms. The van der Waals surface area contributed by atoms with Crippen molar-refractivity contribution >= 4 is 53.5 Å². The lowest BCUT2D eigenvalue weighted by Gasteiger charge is -2.46. The molecule has 2 aliphatic rings. The second-order valence-corrected chi connectivity index (χ2v) is 10.6. The van der Waals surface area contributed by atoms with E-state index in [-0.39, 0.29) is 11.5 Å². The fraction of sp³-hybridized carbons (Fsp3) is 0.654. The zero-order valence-corrected chi connectivity index (χ0v) is 25.5. The Morgan fingerprint density at radius 3 is 1.65 bits per heavy atom. The third-order valence-corrected chi connectivity index (χ3v) is 6.91. The number of carbonyl (C=O) groups is 7. The topological polar surface area (TPSA) is 205 Å². The molecule has 0 radical (unpaired) electrons. The van der Waals surface area contributed by atoms with Gasteiger partial charge in [-0.1, -0.05) is 11.8 Å². The highest BCUT2D eigenvalue weighted by atomic mass is 32.2. The Balaban J connectivity index is 2.58. The maximum absolute atomic E-state index is 12.3. The minimum atomic E-state index is -1.34. The predicted molar refractivity (Wildman–Crippen MR) is 142 cm³/mol. The van der Waals surface area contributed by atoms with Crippen LogP contribution in [0.5, 0.6) is 0 Å². The zero-order valence-electron chi connectivity index (χ0n) is 24.6. The highest BCUT2D eigenvalue weighted by Crippen LogP contribution is 2.40. The van der Waals surface area contributed by atoms with Crippen molar-refractivity contribution in [1.29, 1.82) is 0 Å². The molecule has 0 aromatic heterocycles. The van der Waals surface area contributed by atoms with Gasteiger partial charge in [-0.05, 0) is 0 Å². The molecule has 2 heterocycles. The number of rotatable bonds is 11. The highest BCUT2D eigenvalue weighted by molar-refractivity contribution is 8.03. The Kier molecular flexibility index (Phi) is 13.2. The van der Waals surface area contributed by atoms with Crippen molar-refractivity contribution in [2.45, 2.75) is 96.6 Å². The molecule has 0 aromatic rings. The lowest BCUT2D eigenvalue weighted by molar-refractivity contribution is -0.211. The van der Waals surface area contributed by atoms with E-state index in [9.17, 15) is 33.6 Å². The van der Waals surface area contributed by atoms with Crippen LogP contribution in [0, 0.1) is 0 Å². The summed E-state index contributed by atoms with van der Waals surface area (Å²) in [5, 5.41) is 2.63. The monoisotopic (exact) mass is 633 g/mol. The Bertz CT molecular complexity index is 1120. The minimum absolute atomic E-state index is 0.125. The highest BCUT2D eigenvalue weighted by Gasteiger charge is 2.53. The number of carbonyl (C=O) groups excluding carboxylic acids is 7. The first-order valence-corrected chi connectivity index (χ1v) is 13.9. The molecule has 0 spiro atoms. The van der Waals surface area contributed by atoms with Crippen LogP contribution in [0.3, 0.4) is 0 Å². The number of nitrogens with one attached hydrogen (secondary N) is 1. The van der Waals surface area contributed by atoms with Crippen LogP contribution in [0.1, 0.15) is 48.5 Å². The third-order valence-electron chi connectivity index (χ3n) is 5.67. The minimum Gasteiger partial charge on any atom is -0.489 e. The van der Waals surface area contributed by atoms with Gasteiger partial charge in [-0.2, -0.15) is 0 Å². The summed E-state index contributed by atoms with van der Waals surface area (Å²) in [6.45, 7) is 7.18. The number of ether oxygens (including phenoxy) is 8. The van der Waals surface area contributed by atoms with Crippen LogP contribution in [0.25, 0.3) is 0 Å². The van der Waals surface area contributed by atoms with Crippen molar-refractivity contribution < 1.29 is 71.5 Å². The van der Waals surface area contributed by atoms with Gasteiger partial charge in [0.05, 0.1) is 11.2 Å². The van der Waals surface area contributed by atoms with Gasteiger partial charge in [0.15, 0.2) is 30.5 Å². The van der Waals surface area contributed by atoms with Crippen molar-refractivity contribution in [1.82, 2.24) is 5.32 Å².